The van der Waals surface area contributed by atoms with Crippen LogP contribution in [0.1, 0.15) is 35.5 Å². The Morgan fingerprint density at radius 3 is 2.58 bits per heavy atom. The zero-order valence-corrected chi connectivity index (χ0v) is 18.4. The summed E-state index contributed by atoms with van der Waals surface area (Å²) >= 11 is 11.5. The molecule has 1 fully saturated rings. The van der Waals surface area contributed by atoms with Crippen LogP contribution in [-0.4, -0.2) is 39.1 Å². The van der Waals surface area contributed by atoms with Crippen molar-refractivity contribution in [1.82, 2.24) is 20.4 Å². The summed E-state index contributed by atoms with van der Waals surface area (Å²) in [5.74, 6) is 0.898. The van der Waals surface area contributed by atoms with E-state index in [1.54, 1.807) is 6.07 Å². The summed E-state index contributed by atoms with van der Waals surface area (Å²) in [5, 5.41) is 11.1. The van der Waals surface area contributed by atoms with Gasteiger partial charge in [-0.2, -0.15) is 4.98 Å². The Labute approximate surface area is 190 Å². The van der Waals surface area contributed by atoms with Crippen LogP contribution in [-0.2, 0) is 6.54 Å². The van der Waals surface area contributed by atoms with Crippen molar-refractivity contribution >= 4 is 40.5 Å². The van der Waals surface area contributed by atoms with Crippen molar-refractivity contribution < 1.29 is 9.32 Å². The topological polar surface area (TPSA) is 83.3 Å². The predicted octanol–water partition coefficient (Wildman–Crippen LogP) is 4.50. The third kappa shape index (κ3) is 5.39. The number of thiocarbonyl (C=S) groups is 1. The summed E-state index contributed by atoms with van der Waals surface area (Å²) < 4.78 is 5.26. The van der Waals surface area contributed by atoms with Crippen molar-refractivity contribution in [3.8, 4) is 11.4 Å². The molecule has 0 spiro atoms. The van der Waals surface area contributed by atoms with Crippen LogP contribution < -0.4 is 10.6 Å². The van der Waals surface area contributed by atoms with Gasteiger partial charge < -0.3 is 20.1 Å². The molecule has 160 valence electrons. The Bertz CT molecular complexity index is 1060. The predicted molar refractivity (Wildman–Crippen MR) is 124 cm³/mol. The highest BCUT2D eigenvalue weighted by Crippen LogP contribution is 2.24. The molecule has 7 nitrogen and oxygen atoms in total. The van der Waals surface area contributed by atoms with Gasteiger partial charge in [-0.05, 0) is 67.9 Å². The Hall–Kier alpha value is -2.97. The van der Waals surface area contributed by atoms with E-state index in [4.69, 9.17) is 28.3 Å². The van der Waals surface area contributed by atoms with Crippen LogP contribution in [0.4, 0.5) is 5.69 Å². The van der Waals surface area contributed by atoms with Gasteiger partial charge in [-0.25, -0.2) is 0 Å². The molecule has 1 amide bonds. The molecule has 0 aliphatic carbocycles. The molecule has 1 aliphatic rings. The second-order valence-electron chi connectivity index (χ2n) is 7.23. The van der Waals surface area contributed by atoms with Crippen LogP contribution in [0.3, 0.4) is 0 Å². The Morgan fingerprint density at radius 2 is 1.84 bits per heavy atom. The van der Waals surface area contributed by atoms with Crippen molar-refractivity contribution in [3.63, 3.8) is 0 Å². The minimum absolute atomic E-state index is 0.0812. The molecule has 2 aromatic carbocycles. The molecule has 31 heavy (non-hydrogen) atoms. The molecule has 3 aromatic rings. The van der Waals surface area contributed by atoms with E-state index in [1.165, 1.54) is 6.42 Å². The first-order chi connectivity index (χ1) is 15.1. The number of nitrogens with one attached hydrogen (secondary N) is 2. The first kappa shape index (κ1) is 21.3. The quantitative estimate of drug-likeness (QED) is 0.548. The van der Waals surface area contributed by atoms with Crippen molar-refractivity contribution in [1.29, 1.82) is 0 Å². The number of benzene rings is 2. The fourth-order valence-corrected chi connectivity index (χ4v) is 3.80. The molecule has 1 saturated heterocycles. The number of rotatable bonds is 5. The molecule has 4 rings (SSSR count). The van der Waals surface area contributed by atoms with E-state index in [1.807, 2.05) is 47.4 Å². The lowest BCUT2D eigenvalue weighted by molar-refractivity contribution is 0.0724. The fraction of sp³-hybridized carbons (Fsp3) is 0.273. The van der Waals surface area contributed by atoms with Crippen LogP contribution in [0.2, 0.25) is 5.02 Å². The second-order valence-corrected chi connectivity index (χ2v) is 8.04. The second kappa shape index (κ2) is 9.89. The van der Waals surface area contributed by atoms with Crippen LogP contribution >= 0.6 is 23.8 Å². The van der Waals surface area contributed by atoms with E-state index in [0.29, 0.717) is 33.0 Å². The Balaban J connectivity index is 1.29. The zero-order chi connectivity index (χ0) is 21.6. The van der Waals surface area contributed by atoms with Gasteiger partial charge in [0, 0.05) is 29.9 Å². The molecule has 0 saturated carbocycles. The standard InChI is InChI=1S/C22H22ClN5O2S/c23-18-7-3-2-6-17(18)20-26-19(30-27-20)14-24-22(31)25-16-10-8-15(9-11-16)21(29)28-12-4-1-5-13-28/h2-3,6-11H,1,4-5,12-14H2,(H2,24,25,31). The van der Waals surface area contributed by atoms with Crippen LogP contribution in [0.15, 0.2) is 53.1 Å². The van der Waals surface area contributed by atoms with Gasteiger partial charge in [-0.3, -0.25) is 4.79 Å². The van der Waals surface area contributed by atoms with Gasteiger partial charge in [0.05, 0.1) is 11.6 Å². The number of halogens is 1. The number of carbonyl (C=O) groups excluding carboxylic acids is 1. The van der Waals surface area contributed by atoms with E-state index in [-0.39, 0.29) is 12.5 Å². The summed E-state index contributed by atoms with van der Waals surface area (Å²) in [5.41, 5.74) is 2.18. The summed E-state index contributed by atoms with van der Waals surface area (Å²) in [6.45, 7) is 1.94. The largest absolute Gasteiger partial charge is 0.353 e. The maximum absolute atomic E-state index is 12.6. The number of likely N-dealkylation sites (tertiary alicyclic amines) is 1. The van der Waals surface area contributed by atoms with Gasteiger partial charge in [0.2, 0.25) is 11.7 Å². The third-order valence-electron chi connectivity index (χ3n) is 5.02. The van der Waals surface area contributed by atoms with E-state index in [0.717, 1.165) is 31.6 Å². The molecule has 0 bridgehead atoms. The van der Waals surface area contributed by atoms with Gasteiger partial charge in [0.15, 0.2) is 5.11 Å². The molecule has 2 N–H and O–H groups in total. The van der Waals surface area contributed by atoms with E-state index < -0.39 is 0 Å². The minimum atomic E-state index is 0.0812. The first-order valence-electron chi connectivity index (χ1n) is 10.1. The number of hydrogen-bond acceptors (Lipinski definition) is 5. The number of hydrogen-bond donors (Lipinski definition) is 2. The summed E-state index contributed by atoms with van der Waals surface area (Å²) in [6.07, 6.45) is 3.35. The van der Waals surface area contributed by atoms with Crippen molar-refractivity contribution in [2.75, 3.05) is 18.4 Å². The summed E-state index contributed by atoms with van der Waals surface area (Å²) in [6, 6.07) is 14.6. The smallest absolute Gasteiger partial charge is 0.253 e. The van der Waals surface area contributed by atoms with Crippen LogP contribution in [0, 0.1) is 0 Å². The number of carbonyl (C=O) groups is 1. The molecule has 1 aliphatic heterocycles. The lowest BCUT2D eigenvalue weighted by Crippen LogP contribution is -2.35. The highest BCUT2D eigenvalue weighted by atomic mass is 35.5. The fourth-order valence-electron chi connectivity index (χ4n) is 3.39. The molecular formula is C22H22ClN5O2S. The molecule has 1 aromatic heterocycles. The average Bonchev–Trinajstić information content (AvgIpc) is 3.27. The molecule has 0 radical (unpaired) electrons. The van der Waals surface area contributed by atoms with Gasteiger partial charge in [-0.15, -0.1) is 0 Å². The number of aromatic nitrogens is 2. The number of piperidine rings is 1. The molecule has 0 atom stereocenters. The number of nitrogens with zero attached hydrogens (tertiary/aromatic N) is 3. The third-order valence-corrected chi connectivity index (χ3v) is 5.59. The van der Waals surface area contributed by atoms with Crippen molar-refractivity contribution in [2.45, 2.75) is 25.8 Å². The summed E-state index contributed by atoms with van der Waals surface area (Å²) in [4.78, 5) is 18.8. The monoisotopic (exact) mass is 455 g/mol. The number of amides is 1. The van der Waals surface area contributed by atoms with Gasteiger partial charge >= 0.3 is 0 Å². The molecule has 9 heteroatoms. The lowest BCUT2D eigenvalue weighted by atomic mass is 10.1. The van der Waals surface area contributed by atoms with E-state index in [2.05, 4.69) is 20.8 Å². The average molecular weight is 456 g/mol. The van der Waals surface area contributed by atoms with E-state index in [9.17, 15) is 4.79 Å². The maximum Gasteiger partial charge on any atom is 0.253 e. The van der Waals surface area contributed by atoms with Gasteiger partial charge in [-0.1, -0.05) is 28.9 Å². The zero-order valence-electron chi connectivity index (χ0n) is 16.8. The van der Waals surface area contributed by atoms with Gasteiger partial charge in [0.1, 0.15) is 0 Å². The normalized spacial score (nSPS) is 13.6. The molecular weight excluding hydrogens is 434 g/mol. The van der Waals surface area contributed by atoms with Crippen LogP contribution in [0.5, 0.6) is 0 Å². The number of anilines is 1. The Kier molecular flexibility index (Phi) is 6.79. The highest BCUT2D eigenvalue weighted by molar-refractivity contribution is 7.80. The SMILES string of the molecule is O=C(c1ccc(NC(=S)NCc2nc(-c3ccccc3Cl)no2)cc1)N1CCCCC1. The van der Waals surface area contributed by atoms with Crippen LogP contribution in [0.25, 0.3) is 11.4 Å². The maximum atomic E-state index is 12.6. The Morgan fingerprint density at radius 1 is 1.10 bits per heavy atom. The molecule has 2 heterocycles. The van der Waals surface area contributed by atoms with Crippen molar-refractivity contribution in [3.05, 3.63) is 65.0 Å². The molecule has 0 unspecified atom stereocenters. The van der Waals surface area contributed by atoms with E-state index >= 15 is 0 Å². The summed E-state index contributed by atoms with van der Waals surface area (Å²) in [7, 11) is 0. The first-order valence-corrected chi connectivity index (χ1v) is 10.9. The highest BCUT2D eigenvalue weighted by Gasteiger charge is 2.18. The van der Waals surface area contributed by atoms with Gasteiger partial charge in [0.25, 0.3) is 5.91 Å². The van der Waals surface area contributed by atoms with Crippen molar-refractivity contribution in [2.24, 2.45) is 0 Å². The minimum Gasteiger partial charge on any atom is -0.353 e. The lowest BCUT2D eigenvalue weighted by Gasteiger charge is -2.26.